The van der Waals surface area contributed by atoms with E-state index in [1.807, 2.05) is 0 Å². The van der Waals surface area contributed by atoms with Crippen molar-refractivity contribution in [3.63, 3.8) is 0 Å². The van der Waals surface area contributed by atoms with Gasteiger partial charge in [0, 0.05) is 31.1 Å². The minimum atomic E-state index is -4.56. The van der Waals surface area contributed by atoms with E-state index < -0.39 is 23.6 Å². The highest BCUT2D eigenvalue weighted by Gasteiger charge is 2.33. The monoisotopic (exact) mass is 554 g/mol. The van der Waals surface area contributed by atoms with Crippen molar-refractivity contribution in [2.75, 3.05) is 5.32 Å². The number of nitrogens with zero attached hydrogens (tertiary/aromatic N) is 4. The van der Waals surface area contributed by atoms with Crippen molar-refractivity contribution in [3.8, 4) is 23.0 Å². The lowest BCUT2D eigenvalue weighted by molar-refractivity contribution is -0.141. The number of hydrogen-bond donors (Lipinski definition) is 2. The van der Waals surface area contributed by atoms with E-state index in [9.17, 15) is 26.3 Å². The fraction of sp³-hybridized carbons (Fsp3) is 0.125. The van der Waals surface area contributed by atoms with Crippen LogP contribution in [0.4, 0.5) is 38.0 Å². The van der Waals surface area contributed by atoms with Gasteiger partial charge < -0.3 is 19.6 Å². The number of aromatic amines is 1. The SMILES string of the molecule is Cl.Cn1c(Nc2ccc(C(F)(F)F)cc2)nc2cc(Oc3ccnc(-c4ncc(C(F)(F)F)[nH]4)c3)ccc21. The van der Waals surface area contributed by atoms with Crippen LogP contribution in [0.5, 0.6) is 11.5 Å². The minimum absolute atomic E-state index is 0. The predicted octanol–water partition coefficient (Wildman–Crippen LogP) is 7.35. The topological polar surface area (TPSA) is 80.7 Å². The van der Waals surface area contributed by atoms with Gasteiger partial charge in [-0.15, -0.1) is 12.4 Å². The van der Waals surface area contributed by atoms with Crippen molar-refractivity contribution in [1.29, 1.82) is 0 Å². The van der Waals surface area contributed by atoms with E-state index in [1.165, 1.54) is 30.5 Å². The molecule has 5 aromatic rings. The third-order valence-electron chi connectivity index (χ3n) is 5.41. The number of H-pyrrole nitrogens is 1. The number of hydrogen-bond acceptors (Lipinski definition) is 5. The number of alkyl halides is 6. The summed E-state index contributed by atoms with van der Waals surface area (Å²) in [7, 11) is 1.75. The van der Waals surface area contributed by atoms with Crippen LogP contribution in [0, 0.1) is 0 Å². The number of nitrogens with one attached hydrogen (secondary N) is 2. The Morgan fingerprint density at radius 1 is 0.868 bits per heavy atom. The van der Waals surface area contributed by atoms with E-state index in [-0.39, 0.29) is 23.9 Å². The molecule has 0 saturated heterocycles. The summed E-state index contributed by atoms with van der Waals surface area (Å²) < 4.78 is 84.5. The van der Waals surface area contributed by atoms with Crippen LogP contribution in [0.15, 0.2) is 67.0 Å². The number of aryl methyl sites for hydroxylation is 1. The van der Waals surface area contributed by atoms with Crippen molar-refractivity contribution < 1.29 is 31.1 Å². The number of fused-ring (bicyclic) bond motifs is 1. The number of aromatic nitrogens is 5. The molecule has 0 fully saturated rings. The summed E-state index contributed by atoms with van der Waals surface area (Å²) in [6.07, 6.45) is -6.91. The standard InChI is InChI=1S/C24H16F6N6O.ClH/c1-36-19-7-6-15(10-17(19)34-22(36)33-14-4-2-13(3-5-14)23(25,26)27)37-16-8-9-31-18(11-16)21-32-12-20(35-21)24(28,29)30;/h2-12H,1H3,(H,32,35)(H,33,34);1H. The molecule has 3 aromatic heterocycles. The Balaban J connectivity index is 0.00000336. The summed E-state index contributed by atoms with van der Waals surface area (Å²) in [6.45, 7) is 0. The summed E-state index contributed by atoms with van der Waals surface area (Å²) in [4.78, 5) is 14.5. The molecule has 7 nitrogen and oxygen atoms in total. The maximum Gasteiger partial charge on any atom is 0.432 e. The third-order valence-corrected chi connectivity index (χ3v) is 5.41. The second-order valence-electron chi connectivity index (χ2n) is 7.97. The molecule has 2 aromatic carbocycles. The van der Waals surface area contributed by atoms with Crippen LogP contribution in [0.1, 0.15) is 11.3 Å². The summed E-state index contributed by atoms with van der Waals surface area (Å²) >= 11 is 0. The molecule has 0 atom stereocenters. The highest BCUT2D eigenvalue weighted by atomic mass is 35.5. The lowest BCUT2D eigenvalue weighted by Crippen LogP contribution is -2.05. The van der Waals surface area contributed by atoms with E-state index in [0.717, 1.165) is 17.6 Å². The van der Waals surface area contributed by atoms with Crippen LogP contribution in [0.3, 0.4) is 0 Å². The Labute approximate surface area is 216 Å². The molecule has 2 N–H and O–H groups in total. The van der Waals surface area contributed by atoms with Crippen molar-refractivity contribution in [2.45, 2.75) is 12.4 Å². The van der Waals surface area contributed by atoms with Crippen molar-refractivity contribution in [2.24, 2.45) is 7.05 Å². The highest BCUT2D eigenvalue weighted by molar-refractivity contribution is 5.85. The number of ether oxygens (including phenoxy) is 1. The highest BCUT2D eigenvalue weighted by Crippen LogP contribution is 2.33. The van der Waals surface area contributed by atoms with Crippen molar-refractivity contribution >= 4 is 35.1 Å². The molecule has 38 heavy (non-hydrogen) atoms. The lowest BCUT2D eigenvalue weighted by atomic mass is 10.2. The fourth-order valence-corrected chi connectivity index (χ4v) is 3.56. The molecule has 14 heteroatoms. The first-order chi connectivity index (χ1) is 17.5. The zero-order valence-corrected chi connectivity index (χ0v) is 20.0. The molecule has 0 aliphatic rings. The number of halogens is 7. The lowest BCUT2D eigenvalue weighted by Gasteiger charge is -2.09. The second-order valence-corrected chi connectivity index (χ2v) is 7.97. The number of pyridine rings is 1. The zero-order chi connectivity index (χ0) is 26.4. The van der Waals surface area contributed by atoms with Crippen molar-refractivity contribution in [3.05, 3.63) is 78.2 Å². The molecular weight excluding hydrogens is 538 g/mol. The van der Waals surface area contributed by atoms with E-state index in [4.69, 9.17) is 4.74 Å². The normalized spacial score (nSPS) is 11.9. The fourth-order valence-electron chi connectivity index (χ4n) is 3.56. The summed E-state index contributed by atoms with van der Waals surface area (Å²) in [5, 5.41) is 2.99. The van der Waals surface area contributed by atoms with Gasteiger partial charge in [-0.05, 0) is 42.5 Å². The van der Waals surface area contributed by atoms with Gasteiger partial charge >= 0.3 is 12.4 Å². The van der Waals surface area contributed by atoms with Gasteiger partial charge in [0.2, 0.25) is 5.95 Å². The first-order valence-corrected chi connectivity index (χ1v) is 10.6. The number of benzene rings is 2. The Kier molecular flexibility index (Phi) is 6.98. The largest absolute Gasteiger partial charge is 0.457 e. The minimum Gasteiger partial charge on any atom is -0.457 e. The van der Waals surface area contributed by atoms with Gasteiger partial charge in [-0.1, -0.05) is 0 Å². The van der Waals surface area contributed by atoms with Crippen molar-refractivity contribution in [1.82, 2.24) is 24.5 Å². The first kappa shape index (κ1) is 26.8. The molecule has 0 bridgehead atoms. The van der Waals surface area contributed by atoms with Crippen LogP contribution >= 0.6 is 12.4 Å². The summed E-state index contributed by atoms with van der Waals surface area (Å²) in [5.74, 6) is 1.06. The van der Waals surface area contributed by atoms with E-state index in [2.05, 4.69) is 25.3 Å². The van der Waals surface area contributed by atoms with E-state index >= 15 is 0 Å². The molecule has 0 aliphatic carbocycles. The van der Waals surface area contributed by atoms with Gasteiger partial charge in [-0.3, -0.25) is 4.98 Å². The van der Waals surface area contributed by atoms with Crippen LogP contribution < -0.4 is 10.1 Å². The quantitative estimate of drug-likeness (QED) is 0.222. The number of rotatable bonds is 5. The summed E-state index contributed by atoms with van der Waals surface area (Å²) in [6, 6.07) is 12.7. The molecular formula is C24H17ClF6N6O. The molecule has 0 saturated carbocycles. The van der Waals surface area contributed by atoms with Crippen LogP contribution in [0.2, 0.25) is 0 Å². The number of imidazole rings is 2. The maximum absolute atomic E-state index is 12.9. The Morgan fingerprint density at radius 3 is 2.24 bits per heavy atom. The van der Waals surface area contributed by atoms with Gasteiger partial charge in [-0.25, -0.2) is 9.97 Å². The third kappa shape index (κ3) is 5.52. The Bertz CT molecular complexity index is 1580. The van der Waals surface area contributed by atoms with Gasteiger partial charge in [0.1, 0.15) is 22.9 Å². The van der Waals surface area contributed by atoms with E-state index in [0.29, 0.717) is 34.8 Å². The molecule has 198 valence electrons. The molecule has 0 unspecified atom stereocenters. The number of anilines is 2. The molecule has 0 radical (unpaired) electrons. The maximum atomic E-state index is 12.9. The molecule has 0 aliphatic heterocycles. The smallest absolute Gasteiger partial charge is 0.432 e. The zero-order valence-electron chi connectivity index (χ0n) is 19.2. The van der Waals surface area contributed by atoms with E-state index in [1.54, 1.807) is 29.8 Å². The van der Waals surface area contributed by atoms with Gasteiger partial charge in [-0.2, -0.15) is 26.3 Å². The van der Waals surface area contributed by atoms with Gasteiger partial charge in [0.05, 0.1) is 22.8 Å². The molecule has 0 amide bonds. The van der Waals surface area contributed by atoms with Crippen LogP contribution in [-0.4, -0.2) is 24.5 Å². The Hall–Kier alpha value is -4.26. The first-order valence-electron chi connectivity index (χ1n) is 10.6. The average Bonchev–Trinajstić information content (AvgIpc) is 3.45. The molecule has 5 rings (SSSR count). The average molecular weight is 555 g/mol. The van der Waals surface area contributed by atoms with Gasteiger partial charge in [0.15, 0.2) is 5.82 Å². The molecule has 3 heterocycles. The van der Waals surface area contributed by atoms with Crippen LogP contribution in [0.25, 0.3) is 22.6 Å². The summed E-state index contributed by atoms with van der Waals surface area (Å²) in [5.41, 5.74) is 0.125. The predicted molar refractivity (Wildman–Crippen MR) is 130 cm³/mol. The van der Waals surface area contributed by atoms with Gasteiger partial charge in [0.25, 0.3) is 0 Å². The van der Waals surface area contributed by atoms with Crippen LogP contribution in [-0.2, 0) is 19.4 Å². The second kappa shape index (κ2) is 9.89. The Morgan fingerprint density at radius 2 is 1.58 bits per heavy atom. The molecule has 0 spiro atoms.